The quantitative estimate of drug-likeness (QED) is 0.0946. The summed E-state index contributed by atoms with van der Waals surface area (Å²) < 4.78 is 24.1. The Morgan fingerprint density at radius 2 is 1.00 bits per heavy atom. The van der Waals surface area contributed by atoms with Crippen LogP contribution < -0.4 is 0 Å². The number of aliphatic hydroxyl groups excluding tert-OH is 1. The molecule has 4 atom stereocenters. The monoisotopic (exact) mass is 768 g/mol. The largest absolute Gasteiger partial charge is 0.386 e. The van der Waals surface area contributed by atoms with Crippen molar-refractivity contribution in [2.45, 2.75) is 35.7 Å². The number of aromatic nitrogens is 4. The van der Waals surface area contributed by atoms with Crippen LogP contribution in [0, 0.1) is 4.64 Å². The lowest BCUT2D eigenvalue weighted by atomic mass is 9.79. The Balaban J connectivity index is 1.21. The van der Waals surface area contributed by atoms with Crippen LogP contribution in [0.2, 0.25) is 0 Å². The summed E-state index contributed by atoms with van der Waals surface area (Å²) in [6, 6.07) is 61.0. The number of imidazole rings is 1. The van der Waals surface area contributed by atoms with E-state index < -0.39 is 35.7 Å². The van der Waals surface area contributed by atoms with Crippen LogP contribution in [-0.2, 0) is 25.4 Å². The highest BCUT2D eigenvalue weighted by molar-refractivity contribution is 7.71. The molecule has 0 unspecified atom stereocenters. The van der Waals surface area contributed by atoms with Crippen molar-refractivity contribution in [2.75, 3.05) is 6.61 Å². The van der Waals surface area contributed by atoms with Crippen LogP contribution >= 0.6 is 12.2 Å². The first-order chi connectivity index (χ1) is 28.1. The number of fused-ring (bicyclic) bond motifs is 1. The zero-order chi connectivity index (χ0) is 38.7. The van der Waals surface area contributed by atoms with E-state index in [1.807, 2.05) is 109 Å². The number of ether oxygens (including phenoxy) is 3. The minimum absolute atomic E-state index is 0.0372. The third-order valence-corrected chi connectivity index (χ3v) is 11.1. The number of hydrogen-bond acceptors (Lipinski definition) is 7. The average Bonchev–Trinajstić information content (AvgIpc) is 3.85. The lowest BCUT2D eigenvalue weighted by Crippen LogP contribution is -2.46. The van der Waals surface area contributed by atoms with Crippen molar-refractivity contribution in [2.24, 2.45) is 0 Å². The number of benzene rings is 6. The second kappa shape index (κ2) is 15.8. The predicted molar refractivity (Wildman–Crippen MR) is 222 cm³/mol. The van der Waals surface area contributed by atoms with Gasteiger partial charge >= 0.3 is 0 Å². The van der Waals surface area contributed by atoms with E-state index in [0.29, 0.717) is 15.8 Å². The van der Waals surface area contributed by atoms with Gasteiger partial charge in [-0.2, -0.15) is 0 Å². The molecule has 57 heavy (non-hydrogen) atoms. The number of aromatic amines is 1. The SMILES string of the molecule is O[C@@H]1[C@H](OC(c2ccccc2)(c2ccccc2)c2ccccc2)[C@@H](COC(c2ccccc2)(c2ccccc2)c2ccccc2)O[C@H]1n1cnc2c(=S)nc[nH]c21. The molecule has 2 N–H and O–H groups in total. The summed E-state index contributed by atoms with van der Waals surface area (Å²) >= 11 is 5.52. The van der Waals surface area contributed by atoms with E-state index in [4.69, 9.17) is 26.4 Å². The normalized spacial score (nSPS) is 18.5. The van der Waals surface area contributed by atoms with Crippen molar-refractivity contribution in [1.29, 1.82) is 0 Å². The van der Waals surface area contributed by atoms with E-state index in [1.165, 1.54) is 6.33 Å². The molecule has 1 aliphatic heterocycles. The zero-order valence-electron chi connectivity index (χ0n) is 30.9. The van der Waals surface area contributed by atoms with E-state index in [1.54, 1.807) is 10.9 Å². The van der Waals surface area contributed by atoms with Crippen LogP contribution in [0.4, 0.5) is 0 Å². The van der Waals surface area contributed by atoms with Crippen molar-refractivity contribution < 1.29 is 19.3 Å². The molecule has 0 saturated carbocycles. The fraction of sp³-hybridized carbons (Fsp3) is 0.146. The van der Waals surface area contributed by atoms with Crippen LogP contribution in [0.5, 0.6) is 0 Å². The number of nitrogens with zero attached hydrogens (tertiary/aromatic N) is 3. The summed E-state index contributed by atoms with van der Waals surface area (Å²) in [5.74, 6) is 0. The van der Waals surface area contributed by atoms with Gasteiger partial charge in [0.2, 0.25) is 0 Å². The van der Waals surface area contributed by atoms with Gasteiger partial charge in [-0.3, -0.25) is 4.57 Å². The number of H-pyrrole nitrogens is 1. The Morgan fingerprint density at radius 1 is 0.596 bits per heavy atom. The minimum Gasteiger partial charge on any atom is -0.386 e. The van der Waals surface area contributed by atoms with Gasteiger partial charge in [-0.1, -0.05) is 194 Å². The standard InChI is InChI=1S/C48H40N4O4S/c53-42-43(56-48(37-25-13-4-14-26-37,38-27-15-5-16-28-38)39-29-17-6-18-30-39)40(55-46(42)52-33-51-41-44(52)49-32-50-45(41)57)31-54-47(34-19-7-1-8-20-34,35-21-9-2-10-22-35)36-23-11-3-12-24-36/h1-30,32-33,40,42-43,46,53H,31H2,(H,49,50,57)/t40-,42-,43-,46-/m1/s1. The van der Waals surface area contributed by atoms with Gasteiger partial charge in [0.1, 0.15) is 40.7 Å². The lowest BCUT2D eigenvalue weighted by Gasteiger charge is -2.41. The molecule has 0 bridgehead atoms. The highest BCUT2D eigenvalue weighted by atomic mass is 32.1. The molecule has 1 aliphatic rings. The first-order valence-electron chi connectivity index (χ1n) is 19.0. The molecule has 0 radical (unpaired) electrons. The molecule has 1 saturated heterocycles. The second-order valence-electron chi connectivity index (χ2n) is 14.1. The minimum atomic E-state index is -1.19. The highest BCUT2D eigenvalue weighted by Crippen LogP contribution is 2.47. The smallest absolute Gasteiger partial charge is 0.165 e. The third-order valence-electron chi connectivity index (χ3n) is 10.8. The topological polar surface area (TPSA) is 94.4 Å². The van der Waals surface area contributed by atoms with Gasteiger partial charge in [0.15, 0.2) is 10.9 Å². The maximum Gasteiger partial charge on any atom is 0.165 e. The van der Waals surface area contributed by atoms with Crippen molar-refractivity contribution in [3.8, 4) is 0 Å². The number of aliphatic hydroxyl groups is 1. The molecular formula is C48H40N4O4S. The van der Waals surface area contributed by atoms with E-state index in [0.717, 1.165) is 33.4 Å². The highest BCUT2D eigenvalue weighted by Gasteiger charge is 2.52. The first-order valence-corrected chi connectivity index (χ1v) is 19.4. The van der Waals surface area contributed by atoms with Crippen LogP contribution in [0.15, 0.2) is 195 Å². The third kappa shape index (κ3) is 6.59. The molecule has 0 amide bonds. The molecule has 3 heterocycles. The Bertz CT molecular complexity index is 2400. The molecule has 9 heteroatoms. The Labute approximate surface area is 336 Å². The van der Waals surface area contributed by atoms with Gasteiger partial charge in [-0.05, 0) is 33.4 Å². The van der Waals surface area contributed by atoms with Crippen LogP contribution in [0.25, 0.3) is 11.2 Å². The predicted octanol–water partition coefficient (Wildman–Crippen LogP) is 9.13. The van der Waals surface area contributed by atoms with Crippen LogP contribution in [-0.4, -0.2) is 49.5 Å². The first kappa shape index (κ1) is 36.6. The zero-order valence-corrected chi connectivity index (χ0v) is 31.7. The Kier molecular flexibility index (Phi) is 10.1. The Morgan fingerprint density at radius 3 is 1.42 bits per heavy atom. The van der Waals surface area contributed by atoms with E-state index in [2.05, 4.69) is 87.7 Å². The summed E-state index contributed by atoms with van der Waals surface area (Å²) in [6.07, 6.45) is -0.704. The molecule has 9 rings (SSSR count). The summed E-state index contributed by atoms with van der Waals surface area (Å²) in [7, 11) is 0. The molecule has 8 nitrogen and oxygen atoms in total. The summed E-state index contributed by atoms with van der Waals surface area (Å²) in [4.78, 5) is 12.0. The maximum atomic E-state index is 12.7. The van der Waals surface area contributed by atoms with Crippen molar-refractivity contribution in [3.63, 3.8) is 0 Å². The summed E-state index contributed by atoms with van der Waals surface area (Å²) in [5.41, 5.74) is 4.40. The van der Waals surface area contributed by atoms with Gasteiger partial charge in [-0.25, -0.2) is 9.97 Å². The fourth-order valence-electron chi connectivity index (χ4n) is 8.20. The van der Waals surface area contributed by atoms with Gasteiger partial charge in [0.25, 0.3) is 0 Å². The summed E-state index contributed by atoms with van der Waals surface area (Å²) in [5, 5.41) is 12.7. The maximum absolute atomic E-state index is 12.7. The molecule has 1 fully saturated rings. The number of hydrogen-bond donors (Lipinski definition) is 2. The van der Waals surface area contributed by atoms with E-state index in [9.17, 15) is 5.11 Å². The molecule has 6 aromatic carbocycles. The lowest BCUT2D eigenvalue weighted by molar-refractivity contribution is -0.131. The van der Waals surface area contributed by atoms with Gasteiger partial charge in [0, 0.05) is 0 Å². The van der Waals surface area contributed by atoms with Gasteiger partial charge < -0.3 is 24.3 Å². The van der Waals surface area contributed by atoms with Crippen LogP contribution in [0.3, 0.4) is 0 Å². The number of nitrogens with one attached hydrogen (secondary N) is 1. The van der Waals surface area contributed by atoms with Gasteiger partial charge in [0.05, 0.1) is 19.3 Å². The molecule has 8 aromatic rings. The molecule has 282 valence electrons. The molecule has 0 aliphatic carbocycles. The number of rotatable bonds is 12. The summed E-state index contributed by atoms with van der Waals surface area (Å²) in [6.45, 7) is 0.0372. The average molecular weight is 769 g/mol. The van der Waals surface area contributed by atoms with Crippen molar-refractivity contribution >= 4 is 23.4 Å². The van der Waals surface area contributed by atoms with E-state index >= 15 is 0 Å². The molecular weight excluding hydrogens is 729 g/mol. The van der Waals surface area contributed by atoms with E-state index in [-0.39, 0.29) is 6.61 Å². The van der Waals surface area contributed by atoms with Gasteiger partial charge in [-0.15, -0.1) is 0 Å². The molecule has 2 aromatic heterocycles. The fourth-order valence-corrected chi connectivity index (χ4v) is 8.40. The molecule has 0 spiro atoms. The van der Waals surface area contributed by atoms with Crippen molar-refractivity contribution in [3.05, 3.63) is 233 Å². The second-order valence-corrected chi connectivity index (χ2v) is 14.5. The Hall–Kier alpha value is -6.07. The van der Waals surface area contributed by atoms with Crippen LogP contribution in [0.1, 0.15) is 39.6 Å². The van der Waals surface area contributed by atoms with Crippen molar-refractivity contribution in [1.82, 2.24) is 19.5 Å².